The van der Waals surface area contributed by atoms with Gasteiger partial charge in [0.2, 0.25) is 5.91 Å². The number of likely N-dealkylation sites (tertiary alicyclic amines) is 2. The van der Waals surface area contributed by atoms with Gasteiger partial charge in [-0.2, -0.15) is 0 Å². The summed E-state index contributed by atoms with van der Waals surface area (Å²) in [6.45, 7) is 5.44. The summed E-state index contributed by atoms with van der Waals surface area (Å²) >= 11 is 1.69. The van der Waals surface area contributed by atoms with Gasteiger partial charge in [0.25, 0.3) is 0 Å². The molecule has 4 rings (SSSR count). The van der Waals surface area contributed by atoms with Crippen LogP contribution in [0, 0.1) is 5.92 Å². The van der Waals surface area contributed by atoms with E-state index in [1.165, 1.54) is 36.2 Å². The Morgan fingerprint density at radius 3 is 2.77 bits per heavy atom. The summed E-state index contributed by atoms with van der Waals surface area (Å²) in [6, 6.07) is 13.8. The van der Waals surface area contributed by atoms with Gasteiger partial charge in [0, 0.05) is 30.1 Å². The summed E-state index contributed by atoms with van der Waals surface area (Å²) in [7, 11) is 1.71. The van der Waals surface area contributed by atoms with Gasteiger partial charge >= 0.3 is 0 Å². The zero-order valence-electron chi connectivity index (χ0n) is 18.3. The number of carbonyl (C=O) groups is 1. The minimum absolute atomic E-state index is 0.306. The molecule has 1 aromatic heterocycles. The van der Waals surface area contributed by atoms with Crippen molar-refractivity contribution in [2.45, 2.75) is 57.5 Å². The van der Waals surface area contributed by atoms with Gasteiger partial charge in [0.05, 0.1) is 13.5 Å². The van der Waals surface area contributed by atoms with Gasteiger partial charge in [0.15, 0.2) is 0 Å². The van der Waals surface area contributed by atoms with Crippen molar-refractivity contribution in [3.63, 3.8) is 0 Å². The standard InChI is InChI=1S/C25H34N2O2S/c1-19(7-8-20-9-11-22(29-2)12-10-20)27-14-3-5-21-18-26(15-13-24(21)27)25(28)17-23-6-4-16-30-23/h4,6,9-12,16,19,21,24H,3,5,7-8,13-15,17-18H2,1-2H3/t19?,21-,24+/m1/s1. The first kappa shape index (κ1) is 21.4. The molecule has 30 heavy (non-hydrogen) atoms. The van der Waals surface area contributed by atoms with E-state index in [1.54, 1.807) is 18.4 Å². The normalized spacial score (nSPS) is 23.1. The van der Waals surface area contributed by atoms with Crippen LogP contribution in [0.25, 0.3) is 0 Å². The van der Waals surface area contributed by atoms with Crippen LogP contribution in [0.5, 0.6) is 5.75 Å². The lowest BCUT2D eigenvalue weighted by Crippen LogP contribution is -2.57. The number of aryl methyl sites for hydroxylation is 1. The lowest BCUT2D eigenvalue weighted by molar-refractivity contribution is -0.134. The highest BCUT2D eigenvalue weighted by atomic mass is 32.1. The summed E-state index contributed by atoms with van der Waals surface area (Å²) in [6.07, 6.45) is 6.47. The molecule has 0 radical (unpaired) electrons. The van der Waals surface area contributed by atoms with E-state index in [4.69, 9.17) is 4.74 Å². The molecule has 2 saturated heterocycles. The van der Waals surface area contributed by atoms with Gasteiger partial charge in [-0.3, -0.25) is 9.69 Å². The van der Waals surface area contributed by atoms with Crippen molar-refractivity contribution >= 4 is 17.2 Å². The molecule has 0 spiro atoms. The van der Waals surface area contributed by atoms with Gasteiger partial charge in [0.1, 0.15) is 5.75 Å². The first-order valence-electron chi connectivity index (χ1n) is 11.3. The van der Waals surface area contributed by atoms with Gasteiger partial charge in [-0.25, -0.2) is 0 Å². The van der Waals surface area contributed by atoms with Gasteiger partial charge in [-0.1, -0.05) is 18.2 Å². The molecule has 162 valence electrons. The topological polar surface area (TPSA) is 32.8 Å². The number of carbonyl (C=O) groups excluding carboxylic acids is 1. The molecule has 5 heteroatoms. The van der Waals surface area contributed by atoms with Gasteiger partial charge in [-0.05, 0) is 80.6 Å². The van der Waals surface area contributed by atoms with E-state index >= 15 is 0 Å². The summed E-state index contributed by atoms with van der Waals surface area (Å²) in [5.41, 5.74) is 1.38. The second-order valence-electron chi connectivity index (χ2n) is 8.83. The molecule has 0 N–H and O–H groups in total. The van der Waals surface area contributed by atoms with Crippen LogP contribution in [0.1, 0.15) is 43.0 Å². The molecular weight excluding hydrogens is 392 g/mol. The van der Waals surface area contributed by atoms with Crippen LogP contribution < -0.4 is 4.74 Å². The fourth-order valence-corrected chi connectivity index (χ4v) is 5.92. The van der Waals surface area contributed by atoms with E-state index in [1.807, 2.05) is 6.07 Å². The van der Waals surface area contributed by atoms with Crippen molar-refractivity contribution in [3.8, 4) is 5.75 Å². The highest BCUT2D eigenvalue weighted by molar-refractivity contribution is 7.10. The van der Waals surface area contributed by atoms with Crippen molar-refractivity contribution < 1.29 is 9.53 Å². The summed E-state index contributed by atoms with van der Waals surface area (Å²) in [5.74, 6) is 1.86. The van der Waals surface area contributed by atoms with Crippen molar-refractivity contribution in [2.24, 2.45) is 5.92 Å². The number of thiophene rings is 1. The zero-order chi connectivity index (χ0) is 20.9. The van der Waals surface area contributed by atoms with Crippen LogP contribution in [0.3, 0.4) is 0 Å². The highest BCUT2D eigenvalue weighted by Gasteiger charge is 2.38. The Labute approximate surface area is 184 Å². The Morgan fingerprint density at radius 2 is 2.03 bits per heavy atom. The Bertz CT molecular complexity index is 805. The number of methoxy groups -OCH3 is 1. The molecular formula is C25H34N2O2S. The molecule has 1 amide bonds. The number of ether oxygens (including phenoxy) is 1. The number of hydrogen-bond acceptors (Lipinski definition) is 4. The van der Waals surface area contributed by atoms with Crippen LogP contribution in [0.4, 0.5) is 0 Å². The molecule has 4 nitrogen and oxygen atoms in total. The maximum absolute atomic E-state index is 12.8. The molecule has 1 aromatic carbocycles. The third kappa shape index (κ3) is 5.06. The van der Waals surface area contributed by atoms with Crippen LogP contribution in [-0.4, -0.2) is 54.5 Å². The molecule has 3 heterocycles. The zero-order valence-corrected chi connectivity index (χ0v) is 19.1. The summed E-state index contributed by atoms with van der Waals surface area (Å²) in [5, 5.41) is 2.06. The lowest BCUT2D eigenvalue weighted by atomic mass is 9.82. The number of amides is 1. The average Bonchev–Trinajstić information content (AvgIpc) is 3.30. The minimum atomic E-state index is 0.306. The molecule has 0 aliphatic carbocycles. The molecule has 2 aliphatic rings. The predicted molar refractivity (Wildman–Crippen MR) is 123 cm³/mol. The van der Waals surface area contributed by atoms with E-state index in [2.05, 4.69) is 52.4 Å². The van der Waals surface area contributed by atoms with E-state index < -0.39 is 0 Å². The number of piperidine rings is 2. The lowest BCUT2D eigenvalue weighted by Gasteiger charge is -2.49. The van der Waals surface area contributed by atoms with Crippen LogP contribution in [0.15, 0.2) is 41.8 Å². The minimum Gasteiger partial charge on any atom is -0.497 e. The monoisotopic (exact) mass is 426 g/mol. The molecule has 2 aromatic rings. The van der Waals surface area contributed by atoms with E-state index in [0.29, 0.717) is 30.3 Å². The average molecular weight is 427 g/mol. The molecule has 0 saturated carbocycles. The Hall–Kier alpha value is -1.85. The van der Waals surface area contributed by atoms with E-state index in [0.717, 1.165) is 31.7 Å². The molecule has 3 atom stereocenters. The number of nitrogens with zero attached hydrogens (tertiary/aromatic N) is 2. The SMILES string of the molecule is COc1ccc(CCC(C)N2CCC[C@@H]3CN(C(=O)Cc4cccs4)CC[C@@H]32)cc1. The Kier molecular flexibility index (Phi) is 7.11. The Balaban J connectivity index is 1.30. The van der Waals surface area contributed by atoms with Crippen LogP contribution in [-0.2, 0) is 17.6 Å². The number of hydrogen-bond donors (Lipinski definition) is 0. The molecule has 2 aliphatic heterocycles. The molecule has 2 fully saturated rings. The van der Waals surface area contributed by atoms with Crippen molar-refractivity contribution in [2.75, 3.05) is 26.7 Å². The third-order valence-corrected chi connectivity index (χ3v) is 7.82. The second-order valence-corrected chi connectivity index (χ2v) is 9.86. The molecule has 1 unspecified atom stereocenters. The maximum atomic E-state index is 12.8. The highest BCUT2D eigenvalue weighted by Crippen LogP contribution is 2.33. The smallest absolute Gasteiger partial charge is 0.227 e. The van der Waals surface area contributed by atoms with Crippen LogP contribution >= 0.6 is 11.3 Å². The second kappa shape index (κ2) is 9.97. The molecule has 0 bridgehead atoms. The fourth-order valence-electron chi connectivity index (χ4n) is 5.22. The number of benzene rings is 1. The quantitative estimate of drug-likeness (QED) is 0.647. The summed E-state index contributed by atoms with van der Waals surface area (Å²) in [4.78, 5) is 18.8. The predicted octanol–water partition coefficient (Wildman–Crippen LogP) is 4.63. The van der Waals surface area contributed by atoms with E-state index in [-0.39, 0.29) is 0 Å². The van der Waals surface area contributed by atoms with Crippen LogP contribution in [0.2, 0.25) is 0 Å². The number of fused-ring (bicyclic) bond motifs is 1. The van der Waals surface area contributed by atoms with Gasteiger partial charge in [-0.15, -0.1) is 11.3 Å². The first-order valence-corrected chi connectivity index (χ1v) is 12.2. The third-order valence-electron chi connectivity index (χ3n) is 6.95. The van der Waals surface area contributed by atoms with Crippen molar-refractivity contribution in [1.82, 2.24) is 9.80 Å². The van der Waals surface area contributed by atoms with Crippen molar-refractivity contribution in [1.29, 1.82) is 0 Å². The Morgan fingerprint density at radius 1 is 1.20 bits per heavy atom. The first-order chi connectivity index (χ1) is 14.6. The number of rotatable bonds is 7. The largest absolute Gasteiger partial charge is 0.497 e. The fraction of sp³-hybridized carbons (Fsp3) is 0.560. The summed E-state index contributed by atoms with van der Waals surface area (Å²) < 4.78 is 5.27. The maximum Gasteiger partial charge on any atom is 0.227 e. The van der Waals surface area contributed by atoms with E-state index in [9.17, 15) is 4.79 Å². The van der Waals surface area contributed by atoms with Crippen molar-refractivity contribution in [3.05, 3.63) is 52.2 Å². The van der Waals surface area contributed by atoms with Gasteiger partial charge < -0.3 is 9.64 Å².